The number of rotatable bonds is 9. The van der Waals surface area contributed by atoms with Gasteiger partial charge in [0, 0.05) is 49.7 Å². The summed E-state index contributed by atoms with van der Waals surface area (Å²) in [6.45, 7) is 4.82. The fourth-order valence-electron chi connectivity index (χ4n) is 5.12. The summed E-state index contributed by atoms with van der Waals surface area (Å²) in [6, 6.07) is 16.3. The number of ether oxygens (including phenoxy) is 2. The van der Waals surface area contributed by atoms with E-state index in [1.54, 1.807) is 30.3 Å². The molecule has 5 rings (SSSR count). The highest BCUT2D eigenvalue weighted by atomic mass is 32.2. The quantitative estimate of drug-likeness (QED) is 0.167. The van der Waals surface area contributed by atoms with Crippen LogP contribution >= 0.6 is 0 Å². The standard InChI is InChI=1S/C29H35N7O7S2/c30-28(36-12-10-35(11-13-36)19-27-42-14-15-43-27)21-2-1-3-23(17-21)33-29(37)34-26-9-8-25(45(32,40)41)18-22(26)16-20-4-6-24(7-5-20)44(31,38)39/h1-9,17-18,27,30H,10-16,19H2,(H2,31,38,39)(H2,32,40,41)(H2,33,34,37). The van der Waals surface area contributed by atoms with Crippen LogP contribution in [-0.4, -0.2) is 90.7 Å². The number of nitrogens with two attached hydrogens (primary N) is 2. The second-order valence-electron chi connectivity index (χ2n) is 10.7. The molecule has 2 amide bonds. The molecule has 0 saturated carbocycles. The van der Waals surface area contributed by atoms with E-state index in [0.717, 1.165) is 13.1 Å². The van der Waals surface area contributed by atoms with Gasteiger partial charge < -0.3 is 25.0 Å². The fraction of sp³-hybridized carbons (Fsp3) is 0.310. The Balaban J connectivity index is 1.24. The van der Waals surface area contributed by atoms with Crippen LogP contribution in [0.3, 0.4) is 0 Å². The highest BCUT2D eigenvalue weighted by Gasteiger charge is 2.25. The van der Waals surface area contributed by atoms with Crippen molar-refractivity contribution in [2.75, 3.05) is 56.6 Å². The van der Waals surface area contributed by atoms with Crippen LogP contribution in [0.15, 0.2) is 76.5 Å². The van der Waals surface area contributed by atoms with Gasteiger partial charge in [-0.3, -0.25) is 10.3 Å². The maximum Gasteiger partial charge on any atom is 0.323 e. The van der Waals surface area contributed by atoms with Gasteiger partial charge in [-0.1, -0.05) is 24.3 Å². The highest BCUT2D eigenvalue weighted by Crippen LogP contribution is 2.24. The molecule has 0 aromatic heterocycles. The Kier molecular flexibility index (Phi) is 9.83. The maximum atomic E-state index is 13.0. The third kappa shape index (κ3) is 8.64. The Labute approximate surface area is 261 Å². The number of amidine groups is 1. The van der Waals surface area contributed by atoms with Crippen LogP contribution in [0.4, 0.5) is 16.2 Å². The van der Waals surface area contributed by atoms with E-state index in [0.29, 0.717) is 66.7 Å². The number of nitrogens with zero attached hydrogens (tertiary/aromatic N) is 2. The summed E-state index contributed by atoms with van der Waals surface area (Å²) < 4.78 is 58.3. The summed E-state index contributed by atoms with van der Waals surface area (Å²) in [4.78, 5) is 17.1. The molecule has 0 atom stereocenters. The molecule has 45 heavy (non-hydrogen) atoms. The average Bonchev–Trinajstić information content (AvgIpc) is 3.50. The van der Waals surface area contributed by atoms with E-state index in [1.807, 2.05) is 11.0 Å². The van der Waals surface area contributed by atoms with Crippen molar-refractivity contribution in [1.29, 1.82) is 5.41 Å². The van der Waals surface area contributed by atoms with Crippen molar-refractivity contribution in [2.45, 2.75) is 22.5 Å². The number of nitrogens with one attached hydrogen (secondary N) is 3. The molecule has 2 aliphatic rings. The normalized spacial score (nSPS) is 16.4. The molecule has 0 bridgehead atoms. The first-order valence-corrected chi connectivity index (χ1v) is 17.2. The maximum absolute atomic E-state index is 13.0. The Morgan fingerprint density at radius 3 is 2.13 bits per heavy atom. The summed E-state index contributed by atoms with van der Waals surface area (Å²) in [5, 5.41) is 24.8. The number of sulfonamides is 2. The van der Waals surface area contributed by atoms with E-state index in [9.17, 15) is 21.6 Å². The molecule has 0 aliphatic carbocycles. The third-order valence-electron chi connectivity index (χ3n) is 7.48. The van der Waals surface area contributed by atoms with Gasteiger partial charge in [0.05, 0.1) is 23.0 Å². The molecule has 0 spiro atoms. The second-order valence-corrected chi connectivity index (χ2v) is 13.8. The number of anilines is 2. The number of hydrogen-bond acceptors (Lipinski definition) is 9. The predicted molar refractivity (Wildman–Crippen MR) is 168 cm³/mol. The van der Waals surface area contributed by atoms with Crippen LogP contribution in [0.2, 0.25) is 0 Å². The summed E-state index contributed by atoms with van der Waals surface area (Å²) in [7, 11) is -7.91. The molecule has 3 aromatic carbocycles. The summed E-state index contributed by atoms with van der Waals surface area (Å²) in [5.74, 6) is 0.349. The molecule has 240 valence electrons. The minimum atomic E-state index is -4.03. The number of amides is 2. The van der Waals surface area contributed by atoms with Crippen LogP contribution in [0, 0.1) is 5.41 Å². The molecule has 0 unspecified atom stereocenters. The zero-order chi connectivity index (χ0) is 32.2. The topological polar surface area (TPSA) is 210 Å². The zero-order valence-corrected chi connectivity index (χ0v) is 25.9. The third-order valence-corrected chi connectivity index (χ3v) is 9.32. The van der Waals surface area contributed by atoms with E-state index < -0.39 is 26.1 Å². The van der Waals surface area contributed by atoms with Crippen molar-refractivity contribution in [3.8, 4) is 0 Å². The van der Waals surface area contributed by atoms with Gasteiger partial charge in [-0.05, 0) is 60.0 Å². The van der Waals surface area contributed by atoms with Crippen molar-refractivity contribution in [3.63, 3.8) is 0 Å². The zero-order valence-electron chi connectivity index (χ0n) is 24.3. The first-order valence-electron chi connectivity index (χ1n) is 14.1. The molecule has 7 N–H and O–H groups in total. The molecule has 3 aromatic rings. The average molecular weight is 658 g/mol. The number of primary sulfonamides is 2. The highest BCUT2D eigenvalue weighted by molar-refractivity contribution is 7.89. The number of carbonyl (C=O) groups excluding carboxylic acids is 1. The number of urea groups is 1. The smallest absolute Gasteiger partial charge is 0.323 e. The lowest BCUT2D eigenvalue weighted by Gasteiger charge is -2.36. The lowest BCUT2D eigenvalue weighted by molar-refractivity contribution is -0.0655. The van der Waals surface area contributed by atoms with Crippen LogP contribution in [0.5, 0.6) is 0 Å². The van der Waals surface area contributed by atoms with Gasteiger partial charge >= 0.3 is 6.03 Å². The Morgan fingerprint density at radius 2 is 1.49 bits per heavy atom. The Hall–Kier alpha value is -3.90. The van der Waals surface area contributed by atoms with Crippen molar-refractivity contribution < 1.29 is 31.1 Å². The molecule has 2 fully saturated rings. The van der Waals surface area contributed by atoms with E-state index >= 15 is 0 Å². The summed E-state index contributed by atoms with van der Waals surface area (Å²) >= 11 is 0. The Bertz CT molecular complexity index is 1770. The van der Waals surface area contributed by atoms with Gasteiger partial charge in [0.15, 0.2) is 6.29 Å². The van der Waals surface area contributed by atoms with Gasteiger partial charge in [-0.15, -0.1) is 0 Å². The predicted octanol–water partition coefficient (Wildman–Crippen LogP) is 1.53. The molecule has 2 saturated heterocycles. The van der Waals surface area contributed by atoms with Crippen LogP contribution in [0.1, 0.15) is 16.7 Å². The van der Waals surface area contributed by atoms with Crippen molar-refractivity contribution in [2.24, 2.45) is 10.3 Å². The van der Waals surface area contributed by atoms with Gasteiger partial charge in [0.1, 0.15) is 5.84 Å². The minimum Gasteiger partial charge on any atom is -0.354 e. The van der Waals surface area contributed by atoms with Gasteiger partial charge in [-0.2, -0.15) is 0 Å². The van der Waals surface area contributed by atoms with Crippen LogP contribution in [-0.2, 0) is 35.9 Å². The van der Waals surface area contributed by atoms with Crippen molar-refractivity contribution in [3.05, 3.63) is 83.4 Å². The molecular weight excluding hydrogens is 622 g/mol. The van der Waals surface area contributed by atoms with Crippen LogP contribution < -0.4 is 20.9 Å². The molecule has 2 aliphatic heterocycles. The largest absolute Gasteiger partial charge is 0.354 e. The number of piperazine rings is 1. The lowest BCUT2D eigenvalue weighted by atomic mass is 10.0. The van der Waals surface area contributed by atoms with Crippen LogP contribution in [0.25, 0.3) is 0 Å². The van der Waals surface area contributed by atoms with E-state index in [4.69, 9.17) is 25.2 Å². The van der Waals surface area contributed by atoms with E-state index in [1.165, 1.54) is 30.3 Å². The van der Waals surface area contributed by atoms with E-state index in [-0.39, 0.29) is 22.5 Å². The van der Waals surface area contributed by atoms with Crippen molar-refractivity contribution >= 4 is 43.3 Å². The lowest BCUT2D eigenvalue weighted by Crippen LogP contribution is -2.50. The molecule has 16 heteroatoms. The van der Waals surface area contributed by atoms with Gasteiger partial charge in [-0.25, -0.2) is 31.9 Å². The Morgan fingerprint density at radius 1 is 0.844 bits per heavy atom. The molecule has 0 radical (unpaired) electrons. The molecule has 2 heterocycles. The van der Waals surface area contributed by atoms with Gasteiger partial charge in [0.2, 0.25) is 20.0 Å². The monoisotopic (exact) mass is 657 g/mol. The first kappa shape index (κ1) is 32.5. The summed E-state index contributed by atoms with van der Waals surface area (Å²) in [6.07, 6.45) is -0.0403. The number of hydrogen-bond donors (Lipinski definition) is 5. The molecule has 14 nitrogen and oxygen atoms in total. The molecular formula is C29H35N7O7S2. The number of carbonyl (C=O) groups is 1. The van der Waals surface area contributed by atoms with Crippen molar-refractivity contribution in [1.82, 2.24) is 9.80 Å². The number of benzene rings is 3. The first-order chi connectivity index (χ1) is 21.3. The fourth-order valence-corrected chi connectivity index (χ4v) is 6.20. The SMILES string of the molecule is N=C(c1cccc(NC(=O)Nc2ccc(S(N)(=O)=O)cc2Cc2ccc(S(N)(=O)=O)cc2)c1)N1CCN(CC2OCCO2)CC1. The summed E-state index contributed by atoms with van der Waals surface area (Å²) in [5.41, 5.74) is 2.51. The van der Waals surface area contributed by atoms with E-state index in [2.05, 4.69) is 15.5 Å². The van der Waals surface area contributed by atoms with Gasteiger partial charge in [0.25, 0.3) is 0 Å². The second kappa shape index (κ2) is 13.6. The minimum absolute atomic E-state index is 0.0654.